The quantitative estimate of drug-likeness (QED) is 0.597. The number of amides is 1. The Hall–Kier alpha value is -2.02. The summed E-state index contributed by atoms with van der Waals surface area (Å²) in [6.07, 6.45) is 3.68. The minimum atomic E-state index is 0.00743. The van der Waals surface area contributed by atoms with Crippen molar-refractivity contribution in [1.29, 1.82) is 0 Å². The Labute approximate surface area is 134 Å². The van der Waals surface area contributed by atoms with Crippen molar-refractivity contribution < 1.29 is 9.53 Å². The number of carbonyl (C=O) groups is 1. The van der Waals surface area contributed by atoms with E-state index in [1.807, 2.05) is 28.8 Å². The van der Waals surface area contributed by atoms with E-state index < -0.39 is 0 Å². The van der Waals surface area contributed by atoms with Crippen molar-refractivity contribution in [3.8, 4) is 11.4 Å². The van der Waals surface area contributed by atoms with Crippen LogP contribution in [0.1, 0.15) is 19.8 Å². The summed E-state index contributed by atoms with van der Waals surface area (Å²) in [6.45, 7) is 2.81. The average molecular weight is 320 g/mol. The minimum Gasteiger partial charge on any atom is -0.495 e. The van der Waals surface area contributed by atoms with Gasteiger partial charge in [-0.05, 0) is 18.6 Å². The number of ether oxygens (including phenoxy) is 1. The first-order chi connectivity index (χ1) is 10.8. The van der Waals surface area contributed by atoms with Crippen LogP contribution in [0.2, 0.25) is 0 Å². The van der Waals surface area contributed by atoms with Crippen molar-refractivity contribution in [2.45, 2.75) is 24.9 Å². The third-order valence-electron chi connectivity index (χ3n) is 3.05. The predicted octanol–water partition coefficient (Wildman–Crippen LogP) is 2.28. The highest BCUT2D eigenvalue weighted by atomic mass is 32.2. The Morgan fingerprint density at radius 3 is 3.00 bits per heavy atom. The number of unbranched alkanes of at least 4 members (excludes halogenated alkanes) is 1. The lowest BCUT2D eigenvalue weighted by molar-refractivity contribution is -0.118. The van der Waals surface area contributed by atoms with Gasteiger partial charge in [0, 0.05) is 6.54 Å². The number of benzene rings is 1. The number of hydrogen-bond donors (Lipinski definition) is 1. The van der Waals surface area contributed by atoms with Gasteiger partial charge in [0.2, 0.25) is 5.91 Å². The second-order valence-corrected chi connectivity index (χ2v) is 5.59. The van der Waals surface area contributed by atoms with Gasteiger partial charge in [0.25, 0.3) is 0 Å². The zero-order valence-electron chi connectivity index (χ0n) is 12.8. The molecule has 0 atom stereocenters. The fourth-order valence-corrected chi connectivity index (χ4v) is 2.65. The third-order valence-corrected chi connectivity index (χ3v) is 3.99. The molecule has 0 aliphatic rings. The number of nitrogens with one attached hydrogen (secondary N) is 1. The van der Waals surface area contributed by atoms with E-state index in [0.717, 1.165) is 30.8 Å². The molecule has 1 aromatic heterocycles. The molecule has 0 bridgehead atoms. The standard InChI is InChI=1S/C15H20N4O2S/c1-3-4-9-16-14(20)10-22-15-18-17-11-19(15)12-7-5-6-8-13(12)21-2/h5-8,11H,3-4,9-10H2,1-2H3,(H,16,20). The smallest absolute Gasteiger partial charge is 0.230 e. The molecule has 1 N–H and O–H groups in total. The van der Waals surface area contributed by atoms with Crippen LogP contribution >= 0.6 is 11.8 Å². The highest BCUT2D eigenvalue weighted by Gasteiger charge is 2.12. The van der Waals surface area contributed by atoms with Gasteiger partial charge >= 0.3 is 0 Å². The molecule has 0 unspecified atom stereocenters. The Bertz CT molecular complexity index is 615. The second-order valence-electron chi connectivity index (χ2n) is 4.65. The lowest BCUT2D eigenvalue weighted by Crippen LogP contribution is -2.26. The first-order valence-electron chi connectivity index (χ1n) is 7.19. The third kappa shape index (κ3) is 4.24. The summed E-state index contributed by atoms with van der Waals surface area (Å²) in [5.74, 6) is 1.06. The van der Waals surface area contributed by atoms with Crippen molar-refractivity contribution >= 4 is 17.7 Å². The van der Waals surface area contributed by atoms with Crippen LogP contribution < -0.4 is 10.1 Å². The number of carbonyl (C=O) groups excluding carboxylic acids is 1. The van der Waals surface area contributed by atoms with Crippen LogP contribution in [-0.4, -0.2) is 40.1 Å². The van der Waals surface area contributed by atoms with Crippen LogP contribution in [0, 0.1) is 0 Å². The molecule has 0 fully saturated rings. The Kier molecular flexibility index (Phi) is 6.27. The molecule has 0 saturated heterocycles. The van der Waals surface area contributed by atoms with E-state index in [9.17, 15) is 4.79 Å². The predicted molar refractivity (Wildman–Crippen MR) is 86.6 cm³/mol. The summed E-state index contributed by atoms with van der Waals surface area (Å²) < 4.78 is 7.17. The van der Waals surface area contributed by atoms with E-state index in [4.69, 9.17) is 4.74 Å². The molecule has 1 amide bonds. The maximum Gasteiger partial charge on any atom is 0.230 e. The van der Waals surface area contributed by atoms with Gasteiger partial charge in [-0.3, -0.25) is 9.36 Å². The van der Waals surface area contributed by atoms with Gasteiger partial charge in [0.05, 0.1) is 18.6 Å². The monoisotopic (exact) mass is 320 g/mol. The maximum atomic E-state index is 11.8. The molecule has 0 aliphatic carbocycles. The Morgan fingerprint density at radius 1 is 1.41 bits per heavy atom. The maximum absolute atomic E-state index is 11.8. The van der Waals surface area contributed by atoms with Crippen LogP contribution in [0.25, 0.3) is 5.69 Å². The van der Waals surface area contributed by atoms with E-state index in [1.165, 1.54) is 11.8 Å². The van der Waals surface area contributed by atoms with Gasteiger partial charge in [0.1, 0.15) is 12.1 Å². The van der Waals surface area contributed by atoms with Crippen LogP contribution in [-0.2, 0) is 4.79 Å². The van der Waals surface area contributed by atoms with E-state index in [-0.39, 0.29) is 5.91 Å². The summed E-state index contributed by atoms with van der Waals surface area (Å²) >= 11 is 1.36. The summed E-state index contributed by atoms with van der Waals surface area (Å²) in [5.41, 5.74) is 0.851. The van der Waals surface area contributed by atoms with E-state index >= 15 is 0 Å². The average Bonchev–Trinajstić information content (AvgIpc) is 3.01. The number of rotatable bonds is 8. The number of thioether (sulfide) groups is 1. The van der Waals surface area contributed by atoms with Crippen LogP contribution in [0.15, 0.2) is 35.7 Å². The van der Waals surface area contributed by atoms with Gasteiger partial charge in [-0.15, -0.1) is 10.2 Å². The number of methoxy groups -OCH3 is 1. The van der Waals surface area contributed by atoms with Crippen molar-refractivity contribution in [3.63, 3.8) is 0 Å². The molecular weight excluding hydrogens is 300 g/mol. The summed E-state index contributed by atoms with van der Waals surface area (Å²) in [5, 5.41) is 11.6. The molecule has 2 aromatic rings. The number of aromatic nitrogens is 3. The van der Waals surface area contributed by atoms with Gasteiger partial charge in [-0.25, -0.2) is 0 Å². The lowest BCUT2D eigenvalue weighted by atomic mass is 10.3. The molecule has 22 heavy (non-hydrogen) atoms. The molecule has 7 heteroatoms. The zero-order valence-corrected chi connectivity index (χ0v) is 13.6. The molecule has 0 spiro atoms. The first-order valence-corrected chi connectivity index (χ1v) is 8.17. The van der Waals surface area contributed by atoms with Crippen LogP contribution in [0.5, 0.6) is 5.75 Å². The summed E-state index contributed by atoms with van der Waals surface area (Å²) in [6, 6.07) is 7.62. The van der Waals surface area contributed by atoms with E-state index in [2.05, 4.69) is 22.4 Å². The molecule has 1 heterocycles. The highest BCUT2D eigenvalue weighted by Crippen LogP contribution is 2.26. The van der Waals surface area contributed by atoms with E-state index in [0.29, 0.717) is 10.9 Å². The van der Waals surface area contributed by atoms with E-state index in [1.54, 1.807) is 13.4 Å². The van der Waals surface area contributed by atoms with Crippen molar-refractivity contribution in [3.05, 3.63) is 30.6 Å². The largest absolute Gasteiger partial charge is 0.495 e. The molecule has 6 nitrogen and oxygen atoms in total. The number of para-hydroxylation sites is 2. The minimum absolute atomic E-state index is 0.00743. The normalized spacial score (nSPS) is 10.5. The molecule has 118 valence electrons. The fraction of sp³-hybridized carbons (Fsp3) is 0.400. The van der Waals surface area contributed by atoms with Gasteiger partial charge in [0.15, 0.2) is 5.16 Å². The fourth-order valence-electron chi connectivity index (χ4n) is 1.90. The highest BCUT2D eigenvalue weighted by molar-refractivity contribution is 7.99. The molecular formula is C15H20N4O2S. The summed E-state index contributed by atoms with van der Waals surface area (Å²) in [7, 11) is 1.62. The van der Waals surface area contributed by atoms with Crippen LogP contribution in [0.3, 0.4) is 0 Å². The molecule has 0 aliphatic heterocycles. The van der Waals surface area contributed by atoms with Gasteiger partial charge < -0.3 is 10.1 Å². The number of hydrogen-bond acceptors (Lipinski definition) is 5. The topological polar surface area (TPSA) is 69.0 Å². The molecule has 2 rings (SSSR count). The number of nitrogens with zero attached hydrogens (tertiary/aromatic N) is 3. The first kappa shape index (κ1) is 16.4. The molecule has 0 saturated carbocycles. The van der Waals surface area contributed by atoms with Crippen LogP contribution in [0.4, 0.5) is 0 Å². The molecule has 0 radical (unpaired) electrons. The van der Waals surface area contributed by atoms with Crippen molar-refractivity contribution in [1.82, 2.24) is 20.1 Å². The van der Waals surface area contributed by atoms with Gasteiger partial charge in [-0.2, -0.15) is 0 Å². The second kappa shape index (κ2) is 8.43. The molecule has 1 aromatic carbocycles. The Balaban J connectivity index is 2.02. The lowest BCUT2D eigenvalue weighted by Gasteiger charge is -2.10. The summed E-state index contributed by atoms with van der Waals surface area (Å²) in [4.78, 5) is 11.8. The van der Waals surface area contributed by atoms with Crippen molar-refractivity contribution in [2.75, 3.05) is 19.4 Å². The SMILES string of the molecule is CCCCNC(=O)CSc1nncn1-c1ccccc1OC. The Morgan fingerprint density at radius 2 is 2.23 bits per heavy atom. The zero-order chi connectivity index (χ0) is 15.8. The van der Waals surface area contributed by atoms with Crippen molar-refractivity contribution in [2.24, 2.45) is 0 Å². The van der Waals surface area contributed by atoms with Gasteiger partial charge in [-0.1, -0.05) is 37.2 Å².